The van der Waals surface area contributed by atoms with Crippen LogP contribution in [0.25, 0.3) is 0 Å². The van der Waals surface area contributed by atoms with Gasteiger partial charge in [-0.25, -0.2) is 4.68 Å². The maximum atomic E-state index is 12.7. The first-order chi connectivity index (χ1) is 10.0. The van der Waals surface area contributed by atoms with E-state index in [0.717, 1.165) is 6.42 Å². The molecule has 21 heavy (non-hydrogen) atoms. The third-order valence-corrected chi connectivity index (χ3v) is 3.65. The number of anilines is 1. The Morgan fingerprint density at radius 2 is 2.19 bits per heavy atom. The normalized spacial score (nSPS) is 10.7. The van der Waals surface area contributed by atoms with Crippen molar-refractivity contribution in [2.45, 2.75) is 26.8 Å². The molecule has 6 heteroatoms. The Balaban J connectivity index is 2.50. The molecule has 0 bridgehead atoms. The fourth-order valence-corrected chi connectivity index (χ4v) is 2.53. The number of nitrogens with zero attached hydrogens (tertiary/aromatic N) is 2. The van der Waals surface area contributed by atoms with Crippen LogP contribution in [0, 0.1) is 6.92 Å². The van der Waals surface area contributed by atoms with E-state index in [1.165, 1.54) is 7.11 Å². The molecule has 0 fully saturated rings. The highest BCUT2D eigenvalue weighted by molar-refractivity contribution is 6.36. The van der Waals surface area contributed by atoms with Gasteiger partial charge in [-0.2, -0.15) is 5.10 Å². The second-order valence-corrected chi connectivity index (χ2v) is 5.10. The van der Waals surface area contributed by atoms with Crippen LogP contribution in [0.3, 0.4) is 0 Å². The molecule has 1 aromatic carbocycles. The summed E-state index contributed by atoms with van der Waals surface area (Å²) in [6.45, 7) is 4.46. The van der Waals surface area contributed by atoms with E-state index in [1.807, 2.05) is 6.92 Å². The smallest absolute Gasteiger partial charge is 0.200 e. The molecule has 0 unspecified atom stereocenters. The minimum atomic E-state index is -0.240. The molecule has 1 aromatic heterocycles. The van der Waals surface area contributed by atoms with Crippen molar-refractivity contribution in [2.24, 2.45) is 0 Å². The number of benzene rings is 1. The molecular formula is C15H18ClN3O2. The van der Waals surface area contributed by atoms with E-state index in [0.29, 0.717) is 34.9 Å². The molecule has 0 amide bonds. The van der Waals surface area contributed by atoms with Crippen LogP contribution < -0.4 is 10.5 Å². The van der Waals surface area contributed by atoms with Crippen LogP contribution in [0.5, 0.6) is 5.75 Å². The first-order valence-corrected chi connectivity index (χ1v) is 7.09. The van der Waals surface area contributed by atoms with Crippen molar-refractivity contribution in [3.05, 3.63) is 40.0 Å². The van der Waals surface area contributed by atoms with Crippen LogP contribution in [0.4, 0.5) is 5.82 Å². The number of halogens is 1. The Morgan fingerprint density at radius 3 is 2.81 bits per heavy atom. The van der Waals surface area contributed by atoms with Gasteiger partial charge in [0.1, 0.15) is 11.6 Å². The number of ether oxygens (including phenoxy) is 1. The molecule has 0 aliphatic carbocycles. The topological polar surface area (TPSA) is 70.1 Å². The molecule has 2 N–H and O–H groups in total. The number of nitrogens with two attached hydrogens (primary N) is 1. The predicted octanol–water partition coefficient (Wildman–Crippen LogP) is 3.08. The zero-order chi connectivity index (χ0) is 15.6. The summed E-state index contributed by atoms with van der Waals surface area (Å²) < 4.78 is 6.79. The summed E-state index contributed by atoms with van der Waals surface area (Å²) in [7, 11) is 1.51. The maximum absolute atomic E-state index is 12.7. The zero-order valence-corrected chi connectivity index (χ0v) is 13.1. The Labute approximate surface area is 128 Å². The average molecular weight is 308 g/mol. The van der Waals surface area contributed by atoms with Crippen molar-refractivity contribution in [2.75, 3.05) is 12.8 Å². The molecule has 112 valence electrons. The lowest BCUT2D eigenvalue weighted by Crippen LogP contribution is -2.09. The van der Waals surface area contributed by atoms with Gasteiger partial charge in [-0.15, -0.1) is 0 Å². The average Bonchev–Trinajstić information content (AvgIpc) is 2.73. The minimum Gasteiger partial charge on any atom is -0.495 e. The number of aromatic nitrogens is 2. The van der Waals surface area contributed by atoms with E-state index in [2.05, 4.69) is 5.10 Å². The summed E-state index contributed by atoms with van der Waals surface area (Å²) in [5, 5.41) is 4.60. The zero-order valence-electron chi connectivity index (χ0n) is 12.3. The number of nitrogen functional groups attached to an aromatic ring is 1. The number of ketones is 1. The minimum absolute atomic E-state index is 0.240. The molecule has 2 aromatic rings. The Bertz CT molecular complexity index is 680. The molecular weight excluding hydrogens is 290 g/mol. The fraction of sp³-hybridized carbons (Fsp3) is 0.333. The Morgan fingerprint density at radius 1 is 1.48 bits per heavy atom. The summed E-state index contributed by atoms with van der Waals surface area (Å²) in [6, 6.07) is 5.08. The molecule has 0 spiro atoms. The molecule has 0 saturated carbocycles. The van der Waals surface area contributed by atoms with Gasteiger partial charge in [0.25, 0.3) is 0 Å². The highest BCUT2D eigenvalue weighted by atomic mass is 35.5. The monoisotopic (exact) mass is 307 g/mol. The number of carbonyl (C=O) groups excluding carboxylic acids is 1. The SMILES string of the molecule is CCCn1nc(C)c(C(=O)c2cccc(OC)c2Cl)c1N. The number of carbonyl (C=O) groups is 1. The lowest BCUT2D eigenvalue weighted by Gasteiger charge is -2.08. The molecule has 1 heterocycles. The van der Waals surface area contributed by atoms with E-state index in [9.17, 15) is 4.79 Å². The lowest BCUT2D eigenvalue weighted by molar-refractivity contribution is 0.103. The standard InChI is InChI=1S/C15H18ClN3O2/c1-4-8-19-15(17)12(9(2)18-19)14(20)10-6-5-7-11(21-3)13(10)16/h5-7H,4,8,17H2,1-3H3. The molecule has 5 nitrogen and oxygen atoms in total. The van der Waals surface area contributed by atoms with E-state index < -0.39 is 0 Å². The van der Waals surface area contributed by atoms with Crippen molar-refractivity contribution >= 4 is 23.2 Å². The van der Waals surface area contributed by atoms with Gasteiger partial charge in [-0.3, -0.25) is 4.79 Å². The van der Waals surface area contributed by atoms with Gasteiger partial charge in [-0.1, -0.05) is 24.6 Å². The van der Waals surface area contributed by atoms with E-state index in [1.54, 1.807) is 29.8 Å². The third-order valence-electron chi connectivity index (χ3n) is 3.26. The van der Waals surface area contributed by atoms with Crippen LogP contribution in [0.1, 0.15) is 35.0 Å². The second kappa shape index (κ2) is 6.18. The number of aryl methyl sites for hydroxylation is 2. The summed E-state index contributed by atoms with van der Waals surface area (Å²) in [6.07, 6.45) is 0.888. The molecule has 2 rings (SSSR count). The van der Waals surface area contributed by atoms with Crippen molar-refractivity contribution < 1.29 is 9.53 Å². The maximum Gasteiger partial charge on any atom is 0.200 e. The van der Waals surface area contributed by atoms with Crippen LogP contribution in [0.2, 0.25) is 5.02 Å². The molecule has 0 saturated heterocycles. The fourth-order valence-electron chi connectivity index (χ4n) is 2.24. The Kier molecular flexibility index (Phi) is 4.53. The summed E-state index contributed by atoms with van der Waals surface area (Å²) >= 11 is 6.21. The Hall–Kier alpha value is -2.01. The first-order valence-electron chi connectivity index (χ1n) is 6.71. The lowest BCUT2D eigenvalue weighted by atomic mass is 10.0. The summed E-state index contributed by atoms with van der Waals surface area (Å²) in [5.41, 5.74) is 7.42. The second-order valence-electron chi connectivity index (χ2n) is 4.72. The quantitative estimate of drug-likeness (QED) is 0.862. The summed E-state index contributed by atoms with van der Waals surface area (Å²) in [4.78, 5) is 12.7. The van der Waals surface area contributed by atoms with Gasteiger partial charge in [-0.05, 0) is 25.5 Å². The van der Waals surface area contributed by atoms with Crippen LogP contribution >= 0.6 is 11.6 Å². The van der Waals surface area contributed by atoms with Crippen molar-refractivity contribution in [1.29, 1.82) is 0 Å². The third kappa shape index (κ3) is 2.74. The number of hydrogen-bond donors (Lipinski definition) is 1. The molecule has 0 atom stereocenters. The largest absolute Gasteiger partial charge is 0.495 e. The van der Waals surface area contributed by atoms with Gasteiger partial charge >= 0.3 is 0 Å². The van der Waals surface area contributed by atoms with Crippen LogP contribution in [-0.4, -0.2) is 22.7 Å². The van der Waals surface area contributed by atoms with Crippen LogP contribution in [-0.2, 0) is 6.54 Å². The van der Waals surface area contributed by atoms with Gasteiger partial charge in [0, 0.05) is 12.1 Å². The summed E-state index contributed by atoms with van der Waals surface area (Å²) in [5.74, 6) is 0.592. The molecule has 0 aliphatic heterocycles. The number of rotatable bonds is 5. The van der Waals surface area contributed by atoms with E-state index >= 15 is 0 Å². The van der Waals surface area contributed by atoms with E-state index in [4.69, 9.17) is 22.1 Å². The number of hydrogen-bond acceptors (Lipinski definition) is 4. The molecule has 0 aliphatic rings. The van der Waals surface area contributed by atoms with Crippen molar-refractivity contribution in [3.63, 3.8) is 0 Å². The molecule has 0 radical (unpaired) electrons. The first kappa shape index (κ1) is 15.4. The van der Waals surface area contributed by atoms with Gasteiger partial charge in [0.15, 0.2) is 5.78 Å². The van der Waals surface area contributed by atoms with Crippen molar-refractivity contribution in [3.8, 4) is 5.75 Å². The highest BCUT2D eigenvalue weighted by Crippen LogP contribution is 2.31. The van der Waals surface area contributed by atoms with Crippen molar-refractivity contribution in [1.82, 2.24) is 9.78 Å². The number of methoxy groups -OCH3 is 1. The van der Waals surface area contributed by atoms with Gasteiger partial charge in [0.2, 0.25) is 0 Å². The predicted molar refractivity (Wildman–Crippen MR) is 83.1 cm³/mol. The van der Waals surface area contributed by atoms with Gasteiger partial charge in [0.05, 0.1) is 23.4 Å². The van der Waals surface area contributed by atoms with E-state index in [-0.39, 0.29) is 10.8 Å². The van der Waals surface area contributed by atoms with Gasteiger partial charge < -0.3 is 10.5 Å². The highest BCUT2D eigenvalue weighted by Gasteiger charge is 2.23. The van der Waals surface area contributed by atoms with Crippen LogP contribution in [0.15, 0.2) is 18.2 Å².